The van der Waals surface area contributed by atoms with Crippen molar-refractivity contribution in [3.05, 3.63) is 29.1 Å². The second kappa shape index (κ2) is 4.31. The second-order valence-electron chi connectivity index (χ2n) is 5.02. The van der Waals surface area contributed by atoms with Crippen molar-refractivity contribution in [3.63, 3.8) is 0 Å². The highest BCUT2D eigenvalue weighted by Gasteiger charge is 2.20. The van der Waals surface area contributed by atoms with Crippen LogP contribution in [0.15, 0.2) is 23.6 Å². The first-order valence-electron chi connectivity index (χ1n) is 6.19. The molecule has 1 aliphatic rings. The number of piperidine rings is 1. The second-order valence-corrected chi connectivity index (χ2v) is 5.94. The molecule has 2 heterocycles. The highest BCUT2D eigenvalue weighted by atomic mass is 32.1. The van der Waals surface area contributed by atoms with Gasteiger partial charge in [0.25, 0.3) is 0 Å². The Hall–Kier alpha value is -1.06. The number of hydrogen-bond donors (Lipinski definition) is 1. The number of nitrogens with zero attached hydrogens (tertiary/aromatic N) is 1. The maximum Gasteiger partial charge on any atom is 0.0347 e. The molecule has 3 rings (SSSR count). The highest BCUT2D eigenvalue weighted by molar-refractivity contribution is 7.17. The van der Waals surface area contributed by atoms with Crippen LogP contribution in [0.25, 0.3) is 10.1 Å². The molecule has 0 saturated carbocycles. The third kappa shape index (κ3) is 2.05. The molecule has 1 fully saturated rings. The SMILES string of the molecule is CN1CCC(c2csc3ccc(N)cc23)CC1. The number of nitrogen functional groups attached to an aromatic ring is 1. The number of fused-ring (bicyclic) bond motifs is 1. The van der Waals surface area contributed by atoms with Crippen LogP contribution in [0, 0.1) is 0 Å². The molecule has 0 atom stereocenters. The van der Waals surface area contributed by atoms with Crippen molar-refractivity contribution in [2.24, 2.45) is 0 Å². The molecule has 0 bridgehead atoms. The van der Waals surface area contributed by atoms with Gasteiger partial charge in [-0.15, -0.1) is 11.3 Å². The standard InChI is InChI=1S/C14H18N2S/c1-16-6-4-10(5-7-16)13-9-17-14-3-2-11(15)8-12(13)14/h2-3,8-10H,4-7,15H2,1H3. The first-order chi connectivity index (χ1) is 8.24. The molecule has 0 radical (unpaired) electrons. The van der Waals surface area contributed by atoms with Crippen molar-refractivity contribution in [1.82, 2.24) is 4.90 Å². The number of likely N-dealkylation sites (tertiary alicyclic amines) is 1. The van der Waals surface area contributed by atoms with Gasteiger partial charge in [-0.3, -0.25) is 0 Å². The van der Waals surface area contributed by atoms with E-state index in [2.05, 4.69) is 29.5 Å². The molecule has 1 aliphatic heterocycles. The fourth-order valence-electron chi connectivity index (χ4n) is 2.70. The monoisotopic (exact) mass is 246 g/mol. The smallest absolute Gasteiger partial charge is 0.0347 e. The lowest BCUT2D eigenvalue weighted by atomic mass is 9.89. The molecule has 1 aromatic heterocycles. The third-order valence-corrected chi connectivity index (χ3v) is 4.77. The summed E-state index contributed by atoms with van der Waals surface area (Å²) in [6, 6.07) is 6.28. The Bertz CT molecular complexity index is 524. The van der Waals surface area contributed by atoms with E-state index in [9.17, 15) is 0 Å². The summed E-state index contributed by atoms with van der Waals surface area (Å²) in [6.07, 6.45) is 2.55. The summed E-state index contributed by atoms with van der Waals surface area (Å²) >= 11 is 1.85. The molecule has 1 aromatic carbocycles. The van der Waals surface area contributed by atoms with Crippen LogP contribution >= 0.6 is 11.3 Å². The maximum atomic E-state index is 5.90. The molecule has 3 heteroatoms. The Morgan fingerprint density at radius 3 is 2.82 bits per heavy atom. The van der Waals surface area contributed by atoms with Gasteiger partial charge in [0.05, 0.1) is 0 Å². The van der Waals surface area contributed by atoms with Crippen molar-refractivity contribution in [3.8, 4) is 0 Å². The molecule has 2 aromatic rings. The van der Waals surface area contributed by atoms with E-state index >= 15 is 0 Å². The van der Waals surface area contributed by atoms with Crippen molar-refractivity contribution in [2.75, 3.05) is 25.9 Å². The van der Waals surface area contributed by atoms with Gasteiger partial charge in [0.2, 0.25) is 0 Å². The first kappa shape index (κ1) is 11.1. The zero-order valence-electron chi connectivity index (χ0n) is 10.1. The zero-order chi connectivity index (χ0) is 11.8. The average molecular weight is 246 g/mol. The molecular weight excluding hydrogens is 228 g/mol. The molecule has 0 aliphatic carbocycles. The van der Waals surface area contributed by atoms with E-state index in [0.717, 1.165) is 11.6 Å². The van der Waals surface area contributed by atoms with E-state index in [1.54, 1.807) is 0 Å². The zero-order valence-corrected chi connectivity index (χ0v) is 11.0. The molecule has 2 N–H and O–H groups in total. The minimum atomic E-state index is 0.724. The molecule has 17 heavy (non-hydrogen) atoms. The largest absolute Gasteiger partial charge is 0.399 e. The Balaban J connectivity index is 1.97. The van der Waals surface area contributed by atoms with Gasteiger partial charge in [-0.25, -0.2) is 0 Å². The average Bonchev–Trinajstić information content (AvgIpc) is 2.73. The summed E-state index contributed by atoms with van der Waals surface area (Å²) in [5.41, 5.74) is 8.30. The summed E-state index contributed by atoms with van der Waals surface area (Å²) in [5, 5.41) is 3.71. The number of hydrogen-bond acceptors (Lipinski definition) is 3. The van der Waals surface area contributed by atoms with Gasteiger partial charge in [-0.05, 0) is 73.4 Å². The maximum absolute atomic E-state index is 5.90. The summed E-state index contributed by atoms with van der Waals surface area (Å²) in [4.78, 5) is 2.42. The van der Waals surface area contributed by atoms with Gasteiger partial charge in [0, 0.05) is 10.4 Å². The molecule has 0 spiro atoms. The predicted octanol–water partition coefficient (Wildman–Crippen LogP) is 3.29. The van der Waals surface area contributed by atoms with E-state index in [4.69, 9.17) is 5.73 Å². The lowest BCUT2D eigenvalue weighted by Crippen LogP contribution is -2.29. The predicted molar refractivity (Wildman–Crippen MR) is 75.7 cm³/mol. The summed E-state index contributed by atoms with van der Waals surface area (Å²) in [6.45, 7) is 2.43. The number of nitrogens with two attached hydrogens (primary N) is 1. The van der Waals surface area contributed by atoms with E-state index in [-0.39, 0.29) is 0 Å². The lowest BCUT2D eigenvalue weighted by molar-refractivity contribution is 0.256. The first-order valence-corrected chi connectivity index (χ1v) is 7.07. The van der Waals surface area contributed by atoms with Gasteiger partial charge in [-0.2, -0.15) is 0 Å². The lowest BCUT2D eigenvalue weighted by Gasteiger charge is -2.28. The molecule has 90 valence electrons. The third-order valence-electron chi connectivity index (χ3n) is 3.79. The van der Waals surface area contributed by atoms with Gasteiger partial charge >= 0.3 is 0 Å². The topological polar surface area (TPSA) is 29.3 Å². The van der Waals surface area contributed by atoms with Gasteiger partial charge < -0.3 is 10.6 Å². The van der Waals surface area contributed by atoms with Crippen LogP contribution in [0.1, 0.15) is 24.3 Å². The van der Waals surface area contributed by atoms with E-state index in [0.29, 0.717) is 0 Å². The molecule has 0 unspecified atom stereocenters. The molecular formula is C14H18N2S. The Kier molecular flexibility index (Phi) is 2.81. The van der Waals surface area contributed by atoms with Crippen LogP contribution in [-0.4, -0.2) is 25.0 Å². The Labute approximate surface area is 106 Å². The quantitative estimate of drug-likeness (QED) is 0.782. The van der Waals surface area contributed by atoms with Gasteiger partial charge in [0.1, 0.15) is 0 Å². The Morgan fingerprint density at radius 2 is 2.06 bits per heavy atom. The fourth-order valence-corrected chi connectivity index (χ4v) is 3.73. The summed E-state index contributed by atoms with van der Waals surface area (Å²) in [5.74, 6) is 0.724. The Morgan fingerprint density at radius 1 is 1.29 bits per heavy atom. The van der Waals surface area contributed by atoms with Crippen LogP contribution < -0.4 is 5.73 Å². The van der Waals surface area contributed by atoms with Crippen molar-refractivity contribution < 1.29 is 0 Å². The van der Waals surface area contributed by atoms with E-state index < -0.39 is 0 Å². The fraction of sp³-hybridized carbons (Fsp3) is 0.429. The normalized spacial score (nSPS) is 18.9. The van der Waals surface area contributed by atoms with Crippen LogP contribution in [0.2, 0.25) is 0 Å². The number of anilines is 1. The number of benzene rings is 1. The summed E-state index contributed by atoms with van der Waals surface area (Å²) in [7, 11) is 2.21. The minimum Gasteiger partial charge on any atom is -0.399 e. The number of rotatable bonds is 1. The molecule has 0 amide bonds. The van der Waals surface area contributed by atoms with Gasteiger partial charge in [0.15, 0.2) is 0 Å². The molecule has 1 saturated heterocycles. The number of thiophene rings is 1. The van der Waals surface area contributed by atoms with Crippen molar-refractivity contribution in [1.29, 1.82) is 0 Å². The van der Waals surface area contributed by atoms with Gasteiger partial charge in [-0.1, -0.05) is 0 Å². The van der Waals surface area contributed by atoms with E-state index in [1.807, 2.05) is 17.4 Å². The van der Waals surface area contributed by atoms with Crippen molar-refractivity contribution in [2.45, 2.75) is 18.8 Å². The van der Waals surface area contributed by atoms with Crippen LogP contribution in [0.5, 0.6) is 0 Å². The summed E-state index contributed by atoms with van der Waals surface area (Å²) < 4.78 is 1.37. The van der Waals surface area contributed by atoms with E-state index in [1.165, 1.54) is 41.6 Å². The van der Waals surface area contributed by atoms with Crippen LogP contribution in [-0.2, 0) is 0 Å². The minimum absolute atomic E-state index is 0.724. The van der Waals surface area contributed by atoms with Crippen LogP contribution in [0.3, 0.4) is 0 Å². The highest BCUT2D eigenvalue weighted by Crippen LogP contribution is 2.37. The van der Waals surface area contributed by atoms with Crippen molar-refractivity contribution >= 4 is 27.1 Å². The van der Waals surface area contributed by atoms with Crippen LogP contribution in [0.4, 0.5) is 5.69 Å². The molecule has 2 nitrogen and oxygen atoms in total.